The molecule has 3 heteroatoms. The molecule has 0 aliphatic heterocycles. The Labute approximate surface area is 126 Å². The predicted molar refractivity (Wildman–Crippen MR) is 86.1 cm³/mol. The molecule has 0 radical (unpaired) electrons. The first-order valence-corrected chi connectivity index (χ1v) is 8.00. The van der Waals surface area contributed by atoms with Gasteiger partial charge in [-0.25, -0.2) is 0 Å². The van der Waals surface area contributed by atoms with Crippen molar-refractivity contribution < 1.29 is 4.74 Å². The van der Waals surface area contributed by atoms with Crippen LogP contribution in [-0.2, 0) is 0 Å². The summed E-state index contributed by atoms with van der Waals surface area (Å²) in [6, 6.07) is 4.12. The maximum absolute atomic E-state index is 5.88. The Bertz CT molecular complexity index is 389. The molecule has 2 nitrogen and oxygen atoms in total. The van der Waals surface area contributed by atoms with E-state index in [9.17, 15) is 0 Å². The summed E-state index contributed by atoms with van der Waals surface area (Å²) < 4.78 is 7.03. The first kappa shape index (κ1) is 16.5. The first-order chi connectivity index (χ1) is 9.10. The van der Waals surface area contributed by atoms with Crippen molar-refractivity contribution in [3.8, 4) is 5.75 Å². The molecule has 108 valence electrons. The van der Waals surface area contributed by atoms with Crippen molar-refractivity contribution in [3.63, 3.8) is 0 Å². The van der Waals surface area contributed by atoms with Crippen molar-refractivity contribution in [3.05, 3.63) is 27.7 Å². The number of rotatable bonds is 8. The molecule has 0 aromatic heterocycles. The van der Waals surface area contributed by atoms with Crippen LogP contribution >= 0.6 is 15.9 Å². The Morgan fingerprint density at radius 3 is 2.37 bits per heavy atom. The number of nitrogens with zero attached hydrogens (tertiary/aromatic N) is 1. The van der Waals surface area contributed by atoms with Crippen LogP contribution in [0.5, 0.6) is 5.75 Å². The Balaban J connectivity index is 2.32. The number of hydrogen-bond acceptors (Lipinski definition) is 2. The quantitative estimate of drug-likeness (QED) is 0.648. The topological polar surface area (TPSA) is 12.5 Å². The van der Waals surface area contributed by atoms with Crippen molar-refractivity contribution in [2.75, 3.05) is 26.2 Å². The molecule has 0 aliphatic rings. The molecule has 0 aliphatic carbocycles. The van der Waals surface area contributed by atoms with Crippen LogP contribution in [0, 0.1) is 13.8 Å². The highest BCUT2D eigenvalue weighted by Gasteiger charge is 2.05. The van der Waals surface area contributed by atoms with Gasteiger partial charge >= 0.3 is 0 Å². The van der Waals surface area contributed by atoms with Crippen LogP contribution in [0.25, 0.3) is 0 Å². The van der Waals surface area contributed by atoms with Crippen LogP contribution in [0.1, 0.15) is 37.8 Å². The van der Waals surface area contributed by atoms with Crippen LogP contribution in [0.15, 0.2) is 16.6 Å². The maximum atomic E-state index is 5.88. The van der Waals surface area contributed by atoms with E-state index in [0.29, 0.717) is 0 Å². The lowest BCUT2D eigenvalue weighted by atomic mass is 10.1. The van der Waals surface area contributed by atoms with Gasteiger partial charge in [0.2, 0.25) is 0 Å². The lowest BCUT2D eigenvalue weighted by molar-refractivity contribution is 0.265. The van der Waals surface area contributed by atoms with Crippen molar-refractivity contribution in [2.24, 2.45) is 0 Å². The van der Waals surface area contributed by atoms with Crippen LogP contribution in [0.4, 0.5) is 0 Å². The minimum Gasteiger partial charge on any atom is -0.493 e. The van der Waals surface area contributed by atoms with Crippen molar-refractivity contribution in [2.45, 2.75) is 40.5 Å². The standard InChI is InChI=1S/C16H26BrNO/c1-5-18(6-2)11-7-8-12-19-16-10-9-15(17)13(3)14(16)4/h9-10H,5-8,11-12H2,1-4H3. The molecule has 0 unspecified atom stereocenters. The molecule has 0 amide bonds. The number of halogens is 1. The zero-order valence-corrected chi connectivity index (χ0v) is 14.2. The molecular formula is C16H26BrNO. The van der Waals surface area contributed by atoms with E-state index in [-0.39, 0.29) is 0 Å². The lowest BCUT2D eigenvalue weighted by Gasteiger charge is -2.18. The number of ether oxygens (including phenoxy) is 1. The molecule has 19 heavy (non-hydrogen) atoms. The third kappa shape index (κ3) is 5.15. The molecule has 1 aromatic carbocycles. The van der Waals surface area contributed by atoms with Gasteiger partial charge in [-0.1, -0.05) is 29.8 Å². The number of hydrogen-bond donors (Lipinski definition) is 0. The fourth-order valence-corrected chi connectivity index (χ4v) is 2.51. The second-order valence-corrected chi connectivity index (χ2v) is 5.73. The summed E-state index contributed by atoms with van der Waals surface area (Å²) in [5.41, 5.74) is 2.50. The SMILES string of the molecule is CCN(CC)CCCCOc1ccc(Br)c(C)c1C. The third-order valence-corrected chi connectivity index (χ3v) is 4.55. The molecule has 0 fully saturated rings. The van der Waals surface area contributed by atoms with Gasteiger partial charge in [0.15, 0.2) is 0 Å². The normalized spacial score (nSPS) is 11.1. The average molecular weight is 328 g/mol. The van der Waals surface area contributed by atoms with Gasteiger partial charge in [-0.15, -0.1) is 0 Å². The molecule has 0 heterocycles. The van der Waals surface area contributed by atoms with Gasteiger partial charge < -0.3 is 9.64 Å². The van der Waals surface area contributed by atoms with Gasteiger partial charge in [0.05, 0.1) is 6.61 Å². The summed E-state index contributed by atoms with van der Waals surface area (Å²) >= 11 is 3.54. The van der Waals surface area contributed by atoms with Crippen LogP contribution in [0.2, 0.25) is 0 Å². The van der Waals surface area contributed by atoms with E-state index in [0.717, 1.165) is 36.3 Å². The van der Waals surface area contributed by atoms with Crippen molar-refractivity contribution in [1.29, 1.82) is 0 Å². The monoisotopic (exact) mass is 327 g/mol. The molecule has 0 bridgehead atoms. The summed E-state index contributed by atoms with van der Waals surface area (Å²) in [5.74, 6) is 1.02. The second kappa shape index (κ2) is 8.60. The smallest absolute Gasteiger partial charge is 0.122 e. The zero-order chi connectivity index (χ0) is 14.3. The summed E-state index contributed by atoms with van der Waals surface area (Å²) in [6.45, 7) is 12.9. The van der Waals surface area contributed by atoms with E-state index in [4.69, 9.17) is 4.74 Å². The fraction of sp³-hybridized carbons (Fsp3) is 0.625. The fourth-order valence-electron chi connectivity index (χ4n) is 2.08. The van der Waals surface area contributed by atoms with E-state index in [1.54, 1.807) is 0 Å². The minimum atomic E-state index is 0.809. The van der Waals surface area contributed by atoms with E-state index in [2.05, 4.69) is 60.7 Å². The van der Waals surface area contributed by atoms with Gasteiger partial charge in [0, 0.05) is 4.47 Å². The molecule has 0 N–H and O–H groups in total. The molecular weight excluding hydrogens is 302 g/mol. The van der Waals surface area contributed by atoms with Gasteiger partial charge in [-0.05, 0) is 69.6 Å². The highest BCUT2D eigenvalue weighted by molar-refractivity contribution is 9.10. The van der Waals surface area contributed by atoms with Gasteiger partial charge in [0.25, 0.3) is 0 Å². The van der Waals surface area contributed by atoms with Crippen molar-refractivity contribution >= 4 is 15.9 Å². The average Bonchev–Trinajstić information content (AvgIpc) is 2.42. The first-order valence-electron chi connectivity index (χ1n) is 7.21. The van der Waals surface area contributed by atoms with Gasteiger partial charge in [-0.3, -0.25) is 0 Å². The molecule has 0 atom stereocenters. The largest absolute Gasteiger partial charge is 0.493 e. The molecule has 0 spiro atoms. The molecule has 1 rings (SSSR count). The second-order valence-electron chi connectivity index (χ2n) is 4.88. The predicted octanol–water partition coefficient (Wildman–Crippen LogP) is 4.57. The Kier molecular flexibility index (Phi) is 7.47. The van der Waals surface area contributed by atoms with Crippen LogP contribution in [0.3, 0.4) is 0 Å². The summed E-state index contributed by atoms with van der Waals surface area (Å²) in [7, 11) is 0. The van der Waals surface area contributed by atoms with Crippen molar-refractivity contribution in [1.82, 2.24) is 4.90 Å². The van der Waals surface area contributed by atoms with E-state index >= 15 is 0 Å². The highest BCUT2D eigenvalue weighted by atomic mass is 79.9. The Morgan fingerprint density at radius 1 is 1.05 bits per heavy atom. The molecule has 0 saturated heterocycles. The van der Waals surface area contributed by atoms with E-state index in [1.807, 2.05) is 0 Å². The third-order valence-electron chi connectivity index (χ3n) is 3.69. The summed E-state index contributed by atoms with van der Waals surface area (Å²) in [5, 5.41) is 0. The van der Waals surface area contributed by atoms with Crippen LogP contribution < -0.4 is 4.74 Å². The van der Waals surface area contributed by atoms with E-state index in [1.165, 1.54) is 24.1 Å². The van der Waals surface area contributed by atoms with E-state index < -0.39 is 0 Å². The van der Waals surface area contributed by atoms with Crippen LogP contribution in [-0.4, -0.2) is 31.1 Å². The Hall–Kier alpha value is -0.540. The Morgan fingerprint density at radius 2 is 1.74 bits per heavy atom. The lowest BCUT2D eigenvalue weighted by Crippen LogP contribution is -2.24. The number of benzene rings is 1. The summed E-state index contributed by atoms with van der Waals surface area (Å²) in [6.07, 6.45) is 2.32. The maximum Gasteiger partial charge on any atom is 0.122 e. The summed E-state index contributed by atoms with van der Waals surface area (Å²) in [4.78, 5) is 2.45. The zero-order valence-electron chi connectivity index (χ0n) is 12.6. The van der Waals surface area contributed by atoms with Gasteiger partial charge in [-0.2, -0.15) is 0 Å². The molecule has 0 saturated carbocycles. The number of unbranched alkanes of at least 4 members (excludes halogenated alkanes) is 1. The minimum absolute atomic E-state index is 0.809. The molecule has 1 aromatic rings. The highest BCUT2D eigenvalue weighted by Crippen LogP contribution is 2.27. The van der Waals surface area contributed by atoms with Gasteiger partial charge in [0.1, 0.15) is 5.75 Å².